The Labute approximate surface area is 140 Å². The molecule has 0 radical (unpaired) electrons. The van der Waals surface area contributed by atoms with Gasteiger partial charge in [-0.3, -0.25) is 4.90 Å². The molecule has 2 heterocycles. The molecule has 2 amide bonds. The molecule has 2 aliphatic heterocycles. The number of carbonyl (C=O) groups excluding carboxylic acids is 2. The second kappa shape index (κ2) is 6.92. The molecule has 0 aliphatic carbocycles. The van der Waals surface area contributed by atoms with E-state index in [-0.39, 0.29) is 12.6 Å². The SMILES string of the molecule is CCOCCN1C(=O)N[C@H](c2ccc(OC)cc2)C2=C1COC2=O. The molecule has 128 valence electrons. The van der Waals surface area contributed by atoms with Crippen LogP contribution in [0.1, 0.15) is 18.5 Å². The smallest absolute Gasteiger partial charge is 0.338 e. The van der Waals surface area contributed by atoms with Crippen LogP contribution in [0.4, 0.5) is 4.79 Å². The van der Waals surface area contributed by atoms with Crippen LogP contribution in [0.15, 0.2) is 35.5 Å². The molecule has 0 saturated carbocycles. The van der Waals surface area contributed by atoms with Gasteiger partial charge in [-0.1, -0.05) is 12.1 Å². The number of carbonyl (C=O) groups is 2. The number of benzene rings is 1. The summed E-state index contributed by atoms with van der Waals surface area (Å²) in [5.74, 6) is 0.314. The minimum absolute atomic E-state index is 0.111. The first kappa shape index (κ1) is 16.3. The lowest BCUT2D eigenvalue weighted by atomic mass is 9.95. The highest BCUT2D eigenvalue weighted by molar-refractivity contribution is 5.97. The molecular formula is C17H20N2O5. The third-order valence-electron chi connectivity index (χ3n) is 4.11. The van der Waals surface area contributed by atoms with Crippen molar-refractivity contribution in [3.05, 3.63) is 41.1 Å². The van der Waals surface area contributed by atoms with E-state index in [1.807, 2.05) is 19.1 Å². The summed E-state index contributed by atoms with van der Waals surface area (Å²) < 4.78 is 15.6. The molecule has 0 spiro atoms. The van der Waals surface area contributed by atoms with E-state index >= 15 is 0 Å². The highest BCUT2D eigenvalue weighted by Crippen LogP contribution is 2.35. The van der Waals surface area contributed by atoms with Crippen molar-refractivity contribution in [3.8, 4) is 5.75 Å². The van der Waals surface area contributed by atoms with Crippen LogP contribution in [-0.2, 0) is 14.3 Å². The zero-order valence-corrected chi connectivity index (χ0v) is 13.7. The standard InChI is InChI=1S/C17H20N2O5/c1-3-23-9-8-19-13-10-24-16(20)14(13)15(18-17(19)21)11-4-6-12(22-2)7-5-11/h4-7,15H,3,8-10H2,1-2H3,(H,18,21)/t15-/m1/s1. The van der Waals surface area contributed by atoms with E-state index in [4.69, 9.17) is 14.2 Å². The lowest BCUT2D eigenvalue weighted by molar-refractivity contribution is -0.136. The summed E-state index contributed by atoms with van der Waals surface area (Å²) >= 11 is 0. The predicted molar refractivity (Wildman–Crippen MR) is 85.5 cm³/mol. The van der Waals surface area contributed by atoms with Crippen molar-refractivity contribution < 1.29 is 23.8 Å². The van der Waals surface area contributed by atoms with Crippen LogP contribution in [-0.4, -0.2) is 50.4 Å². The molecule has 1 N–H and O–H groups in total. The minimum Gasteiger partial charge on any atom is -0.497 e. The summed E-state index contributed by atoms with van der Waals surface area (Å²) in [4.78, 5) is 26.2. The first-order valence-electron chi connectivity index (χ1n) is 7.85. The molecule has 24 heavy (non-hydrogen) atoms. The lowest BCUT2D eigenvalue weighted by Crippen LogP contribution is -2.48. The maximum Gasteiger partial charge on any atom is 0.338 e. The van der Waals surface area contributed by atoms with Crippen LogP contribution in [0, 0.1) is 0 Å². The van der Waals surface area contributed by atoms with E-state index in [1.54, 1.807) is 19.2 Å². The molecule has 2 aliphatic rings. The quantitative estimate of drug-likeness (QED) is 0.632. The van der Waals surface area contributed by atoms with E-state index < -0.39 is 12.0 Å². The number of hydrogen-bond donors (Lipinski definition) is 1. The van der Waals surface area contributed by atoms with Gasteiger partial charge in [-0.2, -0.15) is 0 Å². The number of rotatable bonds is 6. The number of ether oxygens (including phenoxy) is 3. The van der Waals surface area contributed by atoms with Gasteiger partial charge in [0.05, 0.1) is 37.6 Å². The Balaban J connectivity index is 1.91. The minimum atomic E-state index is -0.517. The number of urea groups is 1. The number of nitrogens with one attached hydrogen (secondary N) is 1. The van der Waals surface area contributed by atoms with E-state index in [1.165, 1.54) is 4.90 Å². The van der Waals surface area contributed by atoms with Crippen LogP contribution >= 0.6 is 0 Å². The van der Waals surface area contributed by atoms with Crippen molar-refractivity contribution in [2.75, 3.05) is 33.5 Å². The predicted octanol–water partition coefficient (Wildman–Crippen LogP) is 1.61. The maximum absolute atomic E-state index is 12.5. The average Bonchev–Trinajstić information content (AvgIpc) is 2.98. The van der Waals surface area contributed by atoms with Crippen LogP contribution in [0.3, 0.4) is 0 Å². The second-order valence-electron chi connectivity index (χ2n) is 5.44. The van der Waals surface area contributed by atoms with Gasteiger partial charge in [0.15, 0.2) is 0 Å². The highest BCUT2D eigenvalue weighted by atomic mass is 16.5. The normalized spacial score (nSPS) is 19.9. The highest BCUT2D eigenvalue weighted by Gasteiger charge is 2.41. The second-order valence-corrected chi connectivity index (χ2v) is 5.44. The molecule has 0 saturated heterocycles. The lowest BCUT2D eigenvalue weighted by Gasteiger charge is -2.32. The van der Waals surface area contributed by atoms with E-state index in [9.17, 15) is 9.59 Å². The van der Waals surface area contributed by atoms with E-state index in [2.05, 4.69) is 5.32 Å². The number of hydrogen-bond acceptors (Lipinski definition) is 5. The Kier molecular flexibility index (Phi) is 4.71. The van der Waals surface area contributed by atoms with Crippen molar-refractivity contribution in [3.63, 3.8) is 0 Å². The molecule has 7 heteroatoms. The zero-order valence-electron chi connectivity index (χ0n) is 13.7. The summed E-state index contributed by atoms with van der Waals surface area (Å²) in [5, 5.41) is 2.88. The summed E-state index contributed by atoms with van der Waals surface area (Å²) in [6, 6.07) is 6.47. The van der Waals surface area contributed by atoms with Gasteiger partial charge in [0.2, 0.25) is 0 Å². The summed E-state index contributed by atoms with van der Waals surface area (Å²) in [6.07, 6.45) is 0. The third kappa shape index (κ3) is 2.94. The van der Waals surface area contributed by atoms with Gasteiger partial charge in [0, 0.05) is 6.61 Å². The molecule has 1 atom stereocenters. The summed E-state index contributed by atoms with van der Waals surface area (Å²) in [5.41, 5.74) is 1.90. The molecule has 0 unspecified atom stereocenters. The van der Waals surface area contributed by atoms with Gasteiger partial charge < -0.3 is 19.5 Å². The van der Waals surface area contributed by atoms with Crippen molar-refractivity contribution >= 4 is 12.0 Å². The maximum atomic E-state index is 12.5. The van der Waals surface area contributed by atoms with Gasteiger partial charge in [-0.05, 0) is 24.6 Å². The molecule has 1 aromatic rings. The van der Waals surface area contributed by atoms with Gasteiger partial charge in [-0.15, -0.1) is 0 Å². The summed E-state index contributed by atoms with van der Waals surface area (Å²) in [7, 11) is 1.59. The van der Waals surface area contributed by atoms with Gasteiger partial charge in [-0.25, -0.2) is 9.59 Å². The molecule has 7 nitrogen and oxygen atoms in total. The number of esters is 1. The number of nitrogens with zero attached hydrogens (tertiary/aromatic N) is 1. The first-order valence-corrected chi connectivity index (χ1v) is 7.85. The first-order chi connectivity index (χ1) is 11.7. The third-order valence-corrected chi connectivity index (χ3v) is 4.11. The zero-order chi connectivity index (χ0) is 17.1. The summed E-state index contributed by atoms with van der Waals surface area (Å²) in [6.45, 7) is 3.36. The fourth-order valence-corrected chi connectivity index (χ4v) is 2.89. The van der Waals surface area contributed by atoms with Gasteiger partial charge in [0.1, 0.15) is 12.4 Å². The van der Waals surface area contributed by atoms with Crippen molar-refractivity contribution in [2.24, 2.45) is 0 Å². The number of cyclic esters (lactones) is 1. The fraction of sp³-hybridized carbons (Fsp3) is 0.412. The molecule has 1 aromatic carbocycles. The number of amides is 2. The van der Waals surface area contributed by atoms with Crippen molar-refractivity contribution in [1.82, 2.24) is 10.2 Å². The van der Waals surface area contributed by atoms with Gasteiger partial charge >= 0.3 is 12.0 Å². The Bertz CT molecular complexity index is 668. The monoisotopic (exact) mass is 332 g/mol. The van der Waals surface area contributed by atoms with Crippen LogP contribution in [0.25, 0.3) is 0 Å². The average molecular weight is 332 g/mol. The Morgan fingerprint density at radius 1 is 1.29 bits per heavy atom. The molecule has 0 fully saturated rings. The molecular weight excluding hydrogens is 312 g/mol. The van der Waals surface area contributed by atoms with Crippen LogP contribution in [0.5, 0.6) is 5.75 Å². The van der Waals surface area contributed by atoms with Crippen LogP contribution in [0.2, 0.25) is 0 Å². The van der Waals surface area contributed by atoms with E-state index in [0.29, 0.717) is 36.8 Å². The Morgan fingerprint density at radius 3 is 2.71 bits per heavy atom. The molecule has 0 bridgehead atoms. The topological polar surface area (TPSA) is 77.1 Å². The fourth-order valence-electron chi connectivity index (χ4n) is 2.89. The van der Waals surface area contributed by atoms with Crippen molar-refractivity contribution in [2.45, 2.75) is 13.0 Å². The Hall–Kier alpha value is -2.54. The number of methoxy groups -OCH3 is 1. The Morgan fingerprint density at radius 2 is 2.04 bits per heavy atom. The largest absolute Gasteiger partial charge is 0.497 e. The molecule has 3 rings (SSSR count). The molecule has 0 aromatic heterocycles. The van der Waals surface area contributed by atoms with E-state index in [0.717, 1.165) is 5.56 Å². The van der Waals surface area contributed by atoms with Gasteiger partial charge in [0.25, 0.3) is 0 Å². The van der Waals surface area contributed by atoms with Crippen LogP contribution < -0.4 is 10.1 Å². The van der Waals surface area contributed by atoms with Crippen molar-refractivity contribution in [1.29, 1.82) is 0 Å².